The van der Waals surface area contributed by atoms with Crippen molar-refractivity contribution in [3.63, 3.8) is 0 Å². The molecular formula is C32H33F2N3O5. The average molecular weight is 584 g/mol. The molecular weight excluding hydrogens is 544 g/mol. The molecule has 10 heteroatoms. The van der Waals surface area contributed by atoms with Crippen molar-refractivity contribution in [2.75, 3.05) is 20.2 Å². The fraction of sp³-hybridized carbons (Fsp3) is 0.281. The molecule has 3 aromatic carbocycles. The summed E-state index contributed by atoms with van der Waals surface area (Å²) in [6, 6.07) is 15.3. The van der Waals surface area contributed by atoms with Crippen molar-refractivity contribution in [1.29, 1.82) is 0 Å². The van der Waals surface area contributed by atoms with Crippen LogP contribution in [0.4, 0.5) is 8.78 Å². The number of nitrogens with one attached hydrogen (secondary N) is 1. The van der Waals surface area contributed by atoms with E-state index < -0.39 is 71.9 Å². The highest BCUT2D eigenvalue weighted by atomic mass is 19.1. The maximum Gasteiger partial charge on any atom is 0.331 e. The summed E-state index contributed by atoms with van der Waals surface area (Å²) in [5.41, 5.74) is -3.52. The minimum Gasteiger partial charge on any atom is -0.494 e. The Hall–Kier alpha value is -4.57. The Bertz CT molecular complexity index is 1860. The summed E-state index contributed by atoms with van der Waals surface area (Å²) in [6.45, 7) is -1.99. The first-order chi connectivity index (χ1) is 22.6. The minimum absolute atomic E-state index is 0.0332. The molecule has 1 aromatic heterocycles. The number of hydrogen-bond donors (Lipinski definition) is 1. The number of nitrogens with zero attached hydrogens (tertiary/aromatic N) is 2. The molecule has 0 amide bonds. The van der Waals surface area contributed by atoms with Gasteiger partial charge >= 0.3 is 5.69 Å². The van der Waals surface area contributed by atoms with E-state index >= 15 is 8.78 Å². The zero-order chi connectivity index (χ0) is 35.2. The molecule has 0 saturated carbocycles. The summed E-state index contributed by atoms with van der Waals surface area (Å²) in [6.07, 6.45) is 0.374. The first-order valence-electron chi connectivity index (χ1n) is 16.1. The van der Waals surface area contributed by atoms with Crippen LogP contribution in [0, 0.1) is 25.4 Å². The number of benzene rings is 3. The van der Waals surface area contributed by atoms with Crippen molar-refractivity contribution < 1.29 is 31.3 Å². The lowest BCUT2D eigenvalue weighted by molar-refractivity contribution is -0.128. The van der Waals surface area contributed by atoms with Crippen LogP contribution in [0.5, 0.6) is 5.75 Å². The van der Waals surface area contributed by atoms with Crippen molar-refractivity contribution in [3.05, 3.63) is 122 Å². The van der Waals surface area contributed by atoms with Gasteiger partial charge in [0.05, 0.1) is 42.5 Å². The van der Waals surface area contributed by atoms with Crippen LogP contribution in [-0.2, 0) is 22.6 Å². The molecule has 0 saturated heterocycles. The average Bonchev–Trinajstić information content (AvgIpc) is 3.01. The third-order valence-corrected chi connectivity index (χ3v) is 6.90. The van der Waals surface area contributed by atoms with Gasteiger partial charge in [-0.25, -0.2) is 13.6 Å². The number of rotatable bonds is 13. The van der Waals surface area contributed by atoms with Crippen LogP contribution in [0.3, 0.4) is 0 Å². The largest absolute Gasteiger partial charge is 0.494 e. The first kappa shape index (κ1) is 23.0. The van der Waals surface area contributed by atoms with Crippen LogP contribution >= 0.6 is 0 Å². The number of halogens is 2. The SMILES string of the molecule is [2H]C([2H])([2H])Oc1cccc(-c2c(C([2H])([2H])[2H])n(Cc3c(C)cccc3F)c(=O)n(C[C@H](NCCCOC=O)c3ccccc3)c2=O)c1F. The number of aromatic nitrogens is 2. The van der Waals surface area contributed by atoms with Crippen LogP contribution in [-0.4, -0.2) is 35.8 Å². The number of ether oxygens (including phenoxy) is 2. The second kappa shape index (κ2) is 13.9. The lowest BCUT2D eigenvalue weighted by Gasteiger charge is -2.23. The molecule has 4 rings (SSSR count). The lowest BCUT2D eigenvalue weighted by atomic mass is 10.0. The van der Waals surface area contributed by atoms with E-state index in [4.69, 9.17) is 17.7 Å². The van der Waals surface area contributed by atoms with Gasteiger partial charge in [-0.1, -0.05) is 54.6 Å². The normalized spacial score (nSPS) is 14.5. The Morgan fingerprint density at radius 2 is 1.81 bits per heavy atom. The molecule has 0 aliphatic heterocycles. The standard InChI is InChI=1S/C32H33F2N3O5/c1-21-10-7-14-26(33)25(21)18-36-22(2)29(24-13-8-15-28(41-3)30(24)34)31(39)37(32(36)40)19-27(23-11-5-4-6-12-23)35-16-9-17-42-20-38/h4-8,10-15,20,27,35H,9,16-19H2,1-3H3/t27-/m0/s1/i2D3,3D3. The van der Waals surface area contributed by atoms with Crippen molar-refractivity contribution in [2.24, 2.45) is 0 Å². The highest BCUT2D eigenvalue weighted by Crippen LogP contribution is 2.29. The number of carbonyl (C=O) groups is 1. The molecule has 42 heavy (non-hydrogen) atoms. The molecule has 0 unspecified atom stereocenters. The molecule has 4 aromatic rings. The van der Waals surface area contributed by atoms with Gasteiger partial charge < -0.3 is 14.8 Å². The fourth-order valence-electron chi connectivity index (χ4n) is 4.69. The van der Waals surface area contributed by atoms with Gasteiger partial charge in [0.25, 0.3) is 12.0 Å². The zero-order valence-electron chi connectivity index (χ0n) is 28.7. The first-order valence-corrected chi connectivity index (χ1v) is 13.1. The van der Waals surface area contributed by atoms with E-state index in [9.17, 15) is 14.4 Å². The highest BCUT2D eigenvalue weighted by Gasteiger charge is 2.24. The van der Waals surface area contributed by atoms with E-state index in [1.165, 1.54) is 12.1 Å². The van der Waals surface area contributed by atoms with Gasteiger partial charge in [-0.2, -0.15) is 0 Å². The molecule has 0 aliphatic rings. The van der Waals surface area contributed by atoms with Gasteiger partial charge in [-0.05, 0) is 50.0 Å². The van der Waals surface area contributed by atoms with E-state index in [1.807, 2.05) is 0 Å². The zero-order valence-corrected chi connectivity index (χ0v) is 22.7. The predicted molar refractivity (Wildman–Crippen MR) is 156 cm³/mol. The molecule has 0 spiro atoms. The Morgan fingerprint density at radius 1 is 1.02 bits per heavy atom. The van der Waals surface area contributed by atoms with Gasteiger partial charge in [-0.3, -0.25) is 18.7 Å². The van der Waals surface area contributed by atoms with Crippen molar-refractivity contribution in [3.8, 4) is 16.9 Å². The summed E-state index contributed by atoms with van der Waals surface area (Å²) >= 11 is 0. The molecule has 0 fully saturated rings. The van der Waals surface area contributed by atoms with E-state index in [2.05, 4.69) is 5.32 Å². The molecule has 1 heterocycles. The molecule has 1 N–H and O–H groups in total. The van der Waals surface area contributed by atoms with E-state index in [-0.39, 0.29) is 25.3 Å². The number of carbonyl (C=O) groups excluding carboxylic acids is 1. The summed E-state index contributed by atoms with van der Waals surface area (Å²) in [4.78, 5) is 39.2. The molecule has 220 valence electrons. The molecule has 0 bridgehead atoms. The van der Waals surface area contributed by atoms with Crippen molar-refractivity contribution in [2.45, 2.75) is 39.3 Å². The van der Waals surface area contributed by atoms with Gasteiger partial charge in [0.15, 0.2) is 11.6 Å². The van der Waals surface area contributed by atoms with E-state index in [0.29, 0.717) is 24.0 Å². The molecule has 8 nitrogen and oxygen atoms in total. The van der Waals surface area contributed by atoms with Gasteiger partial charge in [0, 0.05) is 20.9 Å². The number of aryl methyl sites for hydroxylation is 1. The fourth-order valence-corrected chi connectivity index (χ4v) is 4.69. The van der Waals surface area contributed by atoms with Crippen LogP contribution in [0.25, 0.3) is 11.1 Å². The number of hydrogen-bond acceptors (Lipinski definition) is 6. The Kier molecular flexibility index (Phi) is 7.61. The van der Waals surface area contributed by atoms with Crippen molar-refractivity contribution >= 4 is 6.47 Å². The third kappa shape index (κ3) is 6.49. The molecule has 0 radical (unpaired) electrons. The second-order valence-corrected chi connectivity index (χ2v) is 9.50. The highest BCUT2D eigenvalue weighted by molar-refractivity contribution is 5.67. The molecule has 1 atom stereocenters. The van der Waals surface area contributed by atoms with Gasteiger partial charge in [-0.15, -0.1) is 0 Å². The molecule has 0 aliphatic carbocycles. The maximum atomic E-state index is 16.0. The Balaban J connectivity index is 2.03. The number of methoxy groups -OCH3 is 1. The maximum absolute atomic E-state index is 16.0. The van der Waals surface area contributed by atoms with Gasteiger partial charge in [0.1, 0.15) is 5.82 Å². The van der Waals surface area contributed by atoms with Crippen LogP contribution in [0.15, 0.2) is 76.3 Å². The third-order valence-electron chi connectivity index (χ3n) is 6.90. The Labute approximate surface area is 250 Å². The van der Waals surface area contributed by atoms with Crippen LogP contribution in [0.2, 0.25) is 0 Å². The summed E-state index contributed by atoms with van der Waals surface area (Å²) in [5, 5.41) is 3.20. The van der Waals surface area contributed by atoms with Crippen molar-refractivity contribution in [1.82, 2.24) is 14.5 Å². The predicted octanol–water partition coefficient (Wildman–Crippen LogP) is 4.52. The lowest BCUT2D eigenvalue weighted by Crippen LogP contribution is -2.45. The van der Waals surface area contributed by atoms with E-state index in [1.54, 1.807) is 43.3 Å². The monoisotopic (exact) mass is 583 g/mol. The van der Waals surface area contributed by atoms with Gasteiger partial charge in [0.2, 0.25) is 0 Å². The topological polar surface area (TPSA) is 91.6 Å². The summed E-state index contributed by atoms with van der Waals surface area (Å²) < 4.78 is 89.5. The Morgan fingerprint density at radius 3 is 2.52 bits per heavy atom. The van der Waals surface area contributed by atoms with Crippen LogP contribution < -0.4 is 21.3 Å². The summed E-state index contributed by atoms with van der Waals surface area (Å²) in [7, 11) is -3.08. The minimum atomic E-state index is -3.21. The van der Waals surface area contributed by atoms with Crippen LogP contribution in [0.1, 0.15) is 43.1 Å². The quantitative estimate of drug-likeness (QED) is 0.184. The summed E-state index contributed by atoms with van der Waals surface area (Å²) in [5.74, 6) is -2.86. The smallest absolute Gasteiger partial charge is 0.331 e. The van der Waals surface area contributed by atoms with E-state index in [0.717, 1.165) is 27.3 Å². The second-order valence-electron chi connectivity index (χ2n) is 9.50.